The van der Waals surface area contributed by atoms with Crippen LogP contribution in [-0.4, -0.2) is 40.4 Å². The first kappa shape index (κ1) is 16.8. The van der Waals surface area contributed by atoms with Gasteiger partial charge in [-0.05, 0) is 30.9 Å². The fourth-order valence-electron chi connectivity index (χ4n) is 2.45. The lowest BCUT2D eigenvalue weighted by molar-refractivity contribution is -0.120. The highest BCUT2D eigenvalue weighted by Gasteiger charge is 2.46. The van der Waals surface area contributed by atoms with Crippen LogP contribution in [0.1, 0.15) is 24.8 Å². The monoisotopic (exact) mass is 327 g/mol. The van der Waals surface area contributed by atoms with E-state index in [4.69, 9.17) is 9.47 Å². The molecule has 22 heavy (non-hydrogen) atoms. The van der Waals surface area contributed by atoms with Crippen molar-refractivity contribution in [3.63, 3.8) is 0 Å². The Bertz CT molecular complexity index is 643. The third kappa shape index (κ3) is 3.98. The molecular weight excluding hydrogens is 306 g/mol. The Hall–Kier alpha value is -1.60. The van der Waals surface area contributed by atoms with Gasteiger partial charge in [-0.1, -0.05) is 18.2 Å². The summed E-state index contributed by atoms with van der Waals surface area (Å²) in [5.41, 5.74) is 0.938. The van der Waals surface area contributed by atoms with Gasteiger partial charge in [0.25, 0.3) is 0 Å². The first-order chi connectivity index (χ1) is 10.4. The van der Waals surface area contributed by atoms with Crippen LogP contribution in [-0.2, 0) is 19.6 Å². The lowest BCUT2D eigenvalue weighted by Crippen LogP contribution is -2.37. The summed E-state index contributed by atoms with van der Waals surface area (Å²) in [6, 6.07) is 7.47. The van der Waals surface area contributed by atoms with Gasteiger partial charge in [-0.25, -0.2) is 8.42 Å². The molecule has 1 amide bonds. The highest BCUT2D eigenvalue weighted by Crippen LogP contribution is 2.50. The number of hydrogen-bond donors (Lipinski definition) is 1. The molecule has 1 saturated carbocycles. The number of nitrogens with one attached hydrogen (secondary N) is 1. The summed E-state index contributed by atoms with van der Waals surface area (Å²) in [5, 5.41) is 0. The van der Waals surface area contributed by atoms with Crippen LogP contribution in [0.4, 0.5) is 0 Å². The molecule has 0 unspecified atom stereocenters. The molecule has 2 rings (SSSR count). The Morgan fingerprint density at radius 1 is 1.36 bits per heavy atom. The zero-order valence-corrected chi connectivity index (χ0v) is 13.7. The number of sulfonamides is 1. The topological polar surface area (TPSA) is 81.7 Å². The van der Waals surface area contributed by atoms with Gasteiger partial charge < -0.3 is 9.47 Å². The lowest BCUT2D eigenvalue weighted by atomic mass is 10.1. The van der Waals surface area contributed by atoms with Gasteiger partial charge in [-0.2, -0.15) is 0 Å². The molecule has 1 aromatic rings. The molecule has 0 aliphatic heterocycles. The van der Waals surface area contributed by atoms with Gasteiger partial charge in [-0.3, -0.25) is 9.52 Å². The second kappa shape index (κ2) is 6.66. The number of amides is 1. The minimum atomic E-state index is -3.67. The highest BCUT2D eigenvalue weighted by molar-refractivity contribution is 7.90. The van der Waals surface area contributed by atoms with Crippen LogP contribution in [0.25, 0.3) is 0 Å². The van der Waals surface area contributed by atoms with E-state index in [1.165, 1.54) is 7.11 Å². The second-order valence-corrected chi connectivity index (χ2v) is 7.25. The summed E-state index contributed by atoms with van der Waals surface area (Å²) >= 11 is 0. The van der Waals surface area contributed by atoms with Gasteiger partial charge in [-0.15, -0.1) is 0 Å². The van der Waals surface area contributed by atoms with E-state index in [1.807, 2.05) is 24.3 Å². The quantitative estimate of drug-likeness (QED) is 0.816. The normalized spacial score (nSPS) is 22.0. The first-order valence-corrected chi connectivity index (χ1v) is 8.73. The molecule has 0 radical (unpaired) electrons. The predicted octanol–water partition coefficient (Wildman–Crippen LogP) is 1.28. The van der Waals surface area contributed by atoms with Crippen LogP contribution in [0.15, 0.2) is 24.3 Å². The van der Waals surface area contributed by atoms with E-state index in [2.05, 4.69) is 4.72 Å². The van der Waals surface area contributed by atoms with Crippen molar-refractivity contribution in [2.75, 3.05) is 20.0 Å². The van der Waals surface area contributed by atoms with Gasteiger partial charge in [0.1, 0.15) is 5.75 Å². The van der Waals surface area contributed by atoms with Crippen molar-refractivity contribution < 1.29 is 22.7 Å². The molecule has 0 saturated heterocycles. The van der Waals surface area contributed by atoms with Crippen molar-refractivity contribution in [3.8, 4) is 5.75 Å². The second-order valence-electron chi connectivity index (χ2n) is 5.48. The summed E-state index contributed by atoms with van der Waals surface area (Å²) in [5.74, 6) is -0.297. The maximum absolute atomic E-state index is 12.1. The minimum absolute atomic E-state index is 0.00574. The van der Waals surface area contributed by atoms with E-state index < -0.39 is 22.0 Å². The molecule has 3 atom stereocenters. The van der Waals surface area contributed by atoms with Crippen LogP contribution < -0.4 is 9.46 Å². The van der Waals surface area contributed by atoms with E-state index >= 15 is 0 Å². The molecule has 1 N–H and O–H groups in total. The standard InChI is InChI=1S/C15H21NO5S/c1-10(20-2)9-22(18,19)16-15(17)13-8-12(13)11-6-4-5-7-14(11)21-3/h4-7,10,12-13H,8-9H2,1-3H3,(H,16,17)/t10-,12-,13+/m0/s1. The molecule has 1 aliphatic carbocycles. The summed E-state index contributed by atoms with van der Waals surface area (Å²) in [6.07, 6.45) is 0.163. The fourth-order valence-corrected chi connectivity index (χ4v) is 3.74. The number of para-hydroxylation sites is 1. The molecule has 0 aromatic heterocycles. The molecule has 0 bridgehead atoms. The van der Waals surface area contributed by atoms with E-state index in [1.54, 1.807) is 14.0 Å². The predicted molar refractivity (Wildman–Crippen MR) is 82.2 cm³/mol. The van der Waals surface area contributed by atoms with Gasteiger partial charge >= 0.3 is 0 Å². The molecule has 122 valence electrons. The van der Waals surface area contributed by atoms with Crippen molar-refractivity contribution in [1.82, 2.24) is 4.72 Å². The third-order valence-electron chi connectivity index (χ3n) is 3.78. The van der Waals surface area contributed by atoms with Crippen molar-refractivity contribution in [1.29, 1.82) is 0 Å². The van der Waals surface area contributed by atoms with Crippen molar-refractivity contribution >= 4 is 15.9 Å². The van der Waals surface area contributed by atoms with Gasteiger partial charge in [0.15, 0.2) is 0 Å². The Balaban J connectivity index is 1.99. The zero-order valence-electron chi connectivity index (χ0n) is 12.9. The van der Waals surface area contributed by atoms with Crippen molar-refractivity contribution in [2.24, 2.45) is 5.92 Å². The number of methoxy groups -OCH3 is 2. The fraction of sp³-hybridized carbons (Fsp3) is 0.533. The number of hydrogen-bond acceptors (Lipinski definition) is 5. The first-order valence-electron chi connectivity index (χ1n) is 7.08. The van der Waals surface area contributed by atoms with Gasteiger partial charge in [0, 0.05) is 13.0 Å². The van der Waals surface area contributed by atoms with Gasteiger partial charge in [0.2, 0.25) is 15.9 Å². The SMILES string of the molecule is COc1ccccc1[C@@H]1C[C@H]1C(=O)NS(=O)(=O)C[C@H](C)OC. The third-order valence-corrected chi connectivity index (χ3v) is 5.20. The van der Waals surface area contributed by atoms with Crippen molar-refractivity contribution in [2.45, 2.75) is 25.4 Å². The van der Waals surface area contributed by atoms with Crippen LogP contribution in [0.3, 0.4) is 0 Å². The zero-order chi connectivity index (χ0) is 16.3. The number of rotatable bonds is 7. The highest BCUT2D eigenvalue weighted by atomic mass is 32.2. The number of carbonyl (C=O) groups is 1. The molecule has 0 heterocycles. The molecule has 1 aliphatic rings. The maximum atomic E-state index is 12.1. The summed E-state index contributed by atoms with van der Waals surface area (Å²) < 4.78 is 36.1. The molecule has 0 spiro atoms. The number of benzene rings is 1. The number of ether oxygens (including phenoxy) is 2. The van der Waals surface area contributed by atoms with Crippen LogP contribution in [0, 0.1) is 5.92 Å². The summed E-state index contributed by atoms with van der Waals surface area (Å²) in [6.45, 7) is 1.64. The Labute approximate surface area is 130 Å². The summed E-state index contributed by atoms with van der Waals surface area (Å²) in [4.78, 5) is 12.1. The molecule has 1 aromatic carbocycles. The van der Waals surface area contributed by atoms with Crippen LogP contribution in [0.5, 0.6) is 5.75 Å². The molecule has 6 nitrogen and oxygen atoms in total. The van der Waals surface area contributed by atoms with E-state index in [-0.39, 0.29) is 17.6 Å². The molecular formula is C15H21NO5S. The lowest BCUT2D eigenvalue weighted by Gasteiger charge is -2.11. The van der Waals surface area contributed by atoms with Gasteiger partial charge in [0.05, 0.1) is 19.0 Å². The van der Waals surface area contributed by atoms with Crippen molar-refractivity contribution in [3.05, 3.63) is 29.8 Å². The maximum Gasteiger partial charge on any atom is 0.237 e. The molecule has 1 fully saturated rings. The average Bonchev–Trinajstić information content (AvgIpc) is 3.26. The Kier molecular flexibility index (Phi) is 5.08. The summed E-state index contributed by atoms with van der Waals surface area (Å²) in [7, 11) is -0.667. The van der Waals surface area contributed by atoms with Crippen LogP contribution >= 0.6 is 0 Å². The van der Waals surface area contributed by atoms with E-state index in [9.17, 15) is 13.2 Å². The Morgan fingerprint density at radius 2 is 2.05 bits per heavy atom. The van der Waals surface area contributed by atoms with E-state index in [0.717, 1.165) is 11.3 Å². The smallest absolute Gasteiger partial charge is 0.237 e. The van der Waals surface area contributed by atoms with Crippen LogP contribution in [0.2, 0.25) is 0 Å². The van der Waals surface area contributed by atoms with E-state index in [0.29, 0.717) is 6.42 Å². The number of carbonyl (C=O) groups excluding carboxylic acids is 1. The minimum Gasteiger partial charge on any atom is -0.496 e. The average molecular weight is 327 g/mol. The molecule has 7 heteroatoms. The Morgan fingerprint density at radius 3 is 2.68 bits per heavy atom. The largest absolute Gasteiger partial charge is 0.496 e.